The van der Waals surface area contributed by atoms with Gasteiger partial charge in [-0.1, -0.05) is 60.7 Å². The Bertz CT molecular complexity index is 1510. The monoisotopic (exact) mass is 449 g/mol. The van der Waals surface area contributed by atoms with Gasteiger partial charge in [-0.3, -0.25) is 14.2 Å². The molecule has 0 aliphatic heterocycles. The minimum absolute atomic E-state index is 0.0827. The predicted molar refractivity (Wildman–Crippen MR) is 131 cm³/mol. The molecule has 3 aromatic carbocycles. The van der Waals surface area contributed by atoms with E-state index in [0.29, 0.717) is 17.4 Å². The zero-order chi connectivity index (χ0) is 23.5. The van der Waals surface area contributed by atoms with E-state index in [2.05, 4.69) is 4.98 Å². The normalized spacial score (nSPS) is 11.0. The molecule has 34 heavy (non-hydrogen) atoms. The van der Waals surface area contributed by atoms with Crippen LogP contribution in [0.4, 0.5) is 0 Å². The highest BCUT2D eigenvalue weighted by atomic mass is 16.2. The molecule has 0 atom stereocenters. The van der Waals surface area contributed by atoms with Crippen LogP contribution in [0.15, 0.2) is 102 Å². The SMILES string of the molecule is CN(Cc1cn(-c2ccccc2)nc1-c1ccccc1)C(=O)Cn1cnc2ccccc2c1=O. The van der Waals surface area contributed by atoms with Crippen molar-refractivity contribution in [2.75, 3.05) is 7.05 Å². The number of amides is 1. The summed E-state index contributed by atoms with van der Waals surface area (Å²) in [6.45, 7) is 0.270. The number of carbonyl (C=O) groups excluding carboxylic acids is 1. The van der Waals surface area contributed by atoms with E-state index in [4.69, 9.17) is 5.10 Å². The van der Waals surface area contributed by atoms with Crippen LogP contribution in [0, 0.1) is 0 Å². The van der Waals surface area contributed by atoms with E-state index >= 15 is 0 Å². The van der Waals surface area contributed by atoms with E-state index in [1.165, 1.54) is 10.9 Å². The molecule has 1 amide bonds. The second kappa shape index (κ2) is 9.15. The first-order chi connectivity index (χ1) is 16.6. The number of aromatic nitrogens is 4. The molecule has 0 radical (unpaired) electrons. The number of benzene rings is 3. The third-order valence-corrected chi connectivity index (χ3v) is 5.73. The molecule has 2 aromatic heterocycles. The molecule has 7 heteroatoms. The van der Waals surface area contributed by atoms with E-state index in [1.54, 1.807) is 30.1 Å². The summed E-state index contributed by atoms with van der Waals surface area (Å²) >= 11 is 0. The van der Waals surface area contributed by atoms with E-state index in [9.17, 15) is 9.59 Å². The Morgan fingerprint density at radius 2 is 1.59 bits per heavy atom. The van der Waals surface area contributed by atoms with Crippen LogP contribution in [0.1, 0.15) is 5.56 Å². The van der Waals surface area contributed by atoms with Gasteiger partial charge < -0.3 is 4.90 Å². The largest absolute Gasteiger partial charge is 0.340 e. The molecule has 2 heterocycles. The Kier molecular flexibility index (Phi) is 5.74. The maximum absolute atomic E-state index is 13.0. The van der Waals surface area contributed by atoms with Gasteiger partial charge in [0, 0.05) is 30.9 Å². The number of hydrogen-bond donors (Lipinski definition) is 0. The number of hydrogen-bond acceptors (Lipinski definition) is 4. The van der Waals surface area contributed by atoms with Gasteiger partial charge in [-0.25, -0.2) is 9.67 Å². The maximum atomic E-state index is 13.0. The molecule has 0 spiro atoms. The fourth-order valence-corrected chi connectivity index (χ4v) is 3.91. The highest BCUT2D eigenvalue weighted by Gasteiger charge is 2.18. The Hall–Kier alpha value is -4.52. The summed E-state index contributed by atoms with van der Waals surface area (Å²) in [6.07, 6.45) is 3.38. The average Bonchev–Trinajstić information content (AvgIpc) is 3.30. The van der Waals surface area contributed by atoms with Crippen molar-refractivity contribution in [3.8, 4) is 16.9 Å². The van der Waals surface area contributed by atoms with Crippen LogP contribution in [-0.2, 0) is 17.9 Å². The van der Waals surface area contributed by atoms with Gasteiger partial charge in [0.1, 0.15) is 6.54 Å². The number of carbonyl (C=O) groups is 1. The van der Waals surface area contributed by atoms with Gasteiger partial charge in [-0.05, 0) is 24.3 Å². The number of likely N-dealkylation sites (N-methyl/N-ethyl adjacent to an activating group) is 1. The fraction of sp³-hybridized carbons (Fsp3) is 0.111. The zero-order valence-electron chi connectivity index (χ0n) is 18.7. The van der Waals surface area contributed by atoms with Crippen molar-refractivity contribution in [3.05, 3.63) is 113 Å². The highest BCUT2D eigenvalue weighted by Crippen LogP contribution is 2.24. The van der Waals surface area contributed by atoms with Crippen molar-refractivity contribution in [3.63, 3.8) is 0 Å². The number of para-hydroxylation sites is 2. The van der Waals surface area contributed by atoms with Crippen molar-refractivity contribution in [1.29, 1.82) is 0 Å². The van der Waals surface area contributed by atoms with Gasteiger partial charge in [-0.2, -0.15) is 5.10 Å². The van der Waals surface area contributed by atoms with Crippen LogP contribution in [-0.4, -0.2) is 37.2 Å². The lowest BCUT2D eigenvalue weighted by molar-refractivity contribution is -0.131. The summed E-state index contributed by atoms with van der Waals surface area (Å²) in [4.78, 5) is 31.7. The molecule has 168 valence electrons. The van der Waals surface area contributed by atoms with E-state index < -0.39 is 0 Å². The van der Waals surface area contributed by atoms with Gasteiger partial charge in [-0.15, -0.1) is 0 Å². The second-order valence-electron chi connectivity index (χ2n) is 8.09. The van der Waals surface area contributed by atoms with Crippen LogP contribution in [0.25, 0.3) is 27.8 Å². The maximum Gasteiger partial charge on any atom is 0.261 e. The van der Waals surface area contributed by atoms with Gasteiger partial charge in [0.05, 0.1) is 28.6 Å². The molecular weight excluding hydrogens is 426 g/mol. The van der Waals surface area contributed by atoms with Gasteiger partial charge in [0.25, 0.3) is 5.56 Å². The van der Waals surface area contributed by atoms with Gasteiger partial charge in [0.15, 0.2) is 0 Å². The first kappa shape index (κ1) is 21.3. The Balaban J connectivity index is 1.42. The van der Waals surface area contributed by atoms with Crippen molar-refractivity contribution >= 4 is 16.8 Å². The Morgan fingerprint density at radius 3 is 2.35 bits per heavy atom. The minimum Gasteiger partial charge on any atom is -0.340 e. The molecule has 0 N–H and O–H groups in total. The van der Waals surface area contributed by atoms with Crippen LogP contribution < -0.4 is 5.56 Å². The van der Waals surface area contributed by atoms with Crippen molar-refractivity contribution in [1.82, 2.24) is 24.2 Å². The molecule has 0 saturated carbocycles. The predicted octanol–water partition coefficient (Wildman–Crippen LogP) is 3.91. The van der Waals surface area contributed by atoms with Crippen LogP contribution >= 0.6 is 0 Å². The lowest BCUT2D eigenvalue weighted by Gasteiger charge is -2.18. The average molecular weight is 450 g/mol. The molecule has 5 aromatic rings. The molecule has 0 aliphatic rings. The summed E-state index contributed by atoms with van der Waals surface area (Å²) in [7, 11) is 1.73. The standard InChI is InChI=1S/C27H23N5O2/c1-30(25(33)18-31-19-28-24-15-9-8-14-23(24)27(31)34)16-21-17-32(22-12-6-3-7-13-22)29-26(21)20-10-4-2-5-11-20/h2-15,17,19H,16,18H2,1H3. The third kappa shape index (κ3) is 4.23. The lowest BCUT2D eigenvalue weighted by Crippen LogP contribution is -2.33. The third-order valence-electron chi connectivity index (χ3n) is 5.73. The van der Waals surface area contributed by atoms with E-state index in [-0.39, 0.29) is 18.0 Å². The molecular formula is C27H23N5O2. The quantitative estimate of drug-likeness (QED) is 0.394. The summed E-state index contributed by atoms with van der Waals surface area (Å²) in [6, 6.07) is 26.9. The Labute approximate surface area is 196 Å². The fourth-order valence-electron chi connectivity index (χ4n) is 3.91. The van der Waals surface area contributed by atoms with E-state index in [0.717, 1.165) is 22.5 Å². The summed E-state index contributed by atoms with van der Waals surface area (Å²) in [5.74, 6) is -0.189. The number of nitrogens with zero attached hydrogens (tertiary/aromatic N) is 5. The summed E-state index contributed by atoms with van der Waals surface area (Å²) < 4.78 is 3.18. The van der Waals surface area contributed by atoms with Gasteiger partial charge in [0.2, 0.25) is 5.91 Å². The topological polar surface area (TPSA) is 73.0 Å². The number of rotatable bonds is 6. The van der Waals surface area contributed by atoms with Crippen LogP contribution in [0.3, 0.4) is 0 Å². The minimum atomic E-state index is -0.228. The molecule has 0 bridgehead atoms. The molecule has 0 unspecified atom stereocenters. The lowest BCUT2D eigenvalue weighted by atomic mass is 10.1. The number of fused-ring (bicyclic) bond motifs is 1. The van der Waals surface area contributed by atoms with Crippen molar-refractivity contribution in [2.24, 2.45) is 0 Å². The van der Waals surface area contributed by atoms with Crippen molar-refractivity contribution < 1.29 is 4.79 Å². The molecule has 7 nitrogen and oxygen atoms in total. The summed E-state index contributed by atoms with van der Waals surface area (Å²) in [5, 5.41) is 5.31. The first-order valence-electron chi connectivity index (χ1n) is 11.0. The Morgan fingerprint density at radius 1 is 0.912 bits per heavy atom. The van der Waals surface area contributed by atoms with Crippen LogP contribution in [0.2, 0.25) is 0 Å². The molecule has 0 fully saturated rings. The summed E-state index contributed by atoms with van der Waals surface area (Å²) in [5.41, 5.74) is 4.03. The molecule has 5 rings (SSSR count). The zero-order valence-corrected chi connectivity index (χ0v) is 18.7. The highest BCUT2D eigenvalue weighted by molar-refractivity contribution is 5.79. The first-order valence-corrected chi connectivity index (χ1v) is 11.0. The van der Waals surface area contributed by atoms with Gasteiger partial charge >= 0.3 is 0 Å². The van der Waals surface area contributed by atoms with E-state index in [1.807, 2.05) is 77.6 Å². The molecule has 0 aliphatic carbocycles. The second-order valence-corrected chi connectivity index (χ2v) is 8.09. The van der Waals surface area contributed by atoms with Crippen molar-refractivity contribution in [2.45, 2.75) is 13.1 Å². The molecule has 0 saturated heterocycles. The van der Waals surface area contributed by atoms with Crippen LogP contribution in [0.5, 0.6) is 0 Å². The smallest absolute Gasteiger partial charge is 0.261 e.